The minimum absolute atomic E-state index is 0.00671. The molecule has 40 heavy (non-hydrogen) atoms. The Kier molecular flexibility index (Phi) is 7.65. The van der Waals surface area contributed by atoms with Crippen LogP contribution in [-0.2, 0) is 27.7 Å². The van der Waals surface area contributed by atoms with Gasteiger partial charge in [0, 0.05) is 50.4 Å². The average Bonchev–Trinajstić information content (AvgIpc) is 2.94. The second-order valence-electron chi connectivity index (χ2n) is 11.1. The molecule has 0 aromatic carbocycles. The van der Waals surface area contributed by atoms with Crippen LogP contribution in [0.15, 0.2) is 30.5 Å². The molecule has 12 heteroatoms. The fourth-order valence-corrected chi connectivity index (χ4v) is 6.26. The lowest BCUT2D eigenvalue weighted by atomic mass is 9.93. The molecule has 1 saturated carbocycles. The molecule has 214 valence electrons. The van der Waals surface area contributed by atoms with E-state index in [-0.39, 0.29) is 6.10 Å². The molecule has 0 radical (unpaired) electrons. The van der Waals surface area contributed by atoms with E-state index in [0.29, 0.717) is 41.7 Å². The number of ether oxygens (including phenoxy) is 2. The molecule has 11 nitrogen and oxygen atoms in total. The maximum absolute atomic E-state index is 11.8. The Labute approximate surface area is 235 Å². The van der Waals surface area contributed by atoms with Gasteiger partial charge in [-0.1, -0.05) is 6.07 Å². The molecule has 3 aliphatic rings. The highest BCUT2D eigenvalue weighted by atomic mass is 32.2. The van der Waals surface area contributed by atoms with E-state index in [0.717, 1.165) is 76.2 Å². The monoisotopic (exact) mass is 567 g/mol. The molecular formula is C28H37N7O4S. The molecule has 2 fully saturated rings. The molecule has 5 heterocycles. The number of likely N-dealkylation sites (N-methyl/N-ethyl adjacent to an activating group) is 1. The van der Waals surface area contributed by atoms with Crippen LogP contribution in [0, 0.1) is 0 Å². The molecule has 0 unspecified atom stereocenters. The van der Waals surface area contributed by atoms with E-state index in [9.17, 15) is 8.42 Å². The Morgan fingerprint density at radius 1 is 1.05 bits per heavy atom. The van der Waals surface area contributed by atoms with Crippen LogP contribution in [0.3, 0.4) is 0 Å². The lowest BCUT2D eigenvalue weighted by Gasteiger charge is -2.31. The van der Waals surface area contributed by atoms with Gasteiger partial charge in [0.25, 0.3) is 0 Å². The summed E-state index contributed by atoms with van der Waals surface area (Å²) in [5, 5.41) is 4.34. The minimum atomic E-state index is -3.44. The Morgan fingerprint density at radius 3 is 2.62 bits per heavy atom. The Bertz CT molecular complexity index is 1470. The van der Waals surface area contributed by atoms with Crippen molar-refractivity contribution in [2.75, 3.05) is 61.1 Å². The summed E-state index contributed by atoms with van der Waals surface area (Å²) in [6, 6.07) is 8.33. The van der Waals surface area contributed by atoms with E-state index >= 15 is 0 Å². The van der Waals surface area contributed by atoms with Gasteiger partial charge in [-0.3, -0.25) is 9.71 Å². The van der Waals surface area contributed by atoms with E-state index in [1.807, 2.05) is 6.07 Å². The maximum Gasteiger partial charge on any atom is 0.229 e. The highest BCUT2D eigenvalue weighted by molar-refractivity contribution is 7.92. The van der Waals surface area contributed by atoms with Crippen LogP contribution in [0.4, 0.5) is 17.3 Å². The van der Waals surface area contributed by atoms with Crippen molar-refractivity contribution in [2.45, 2.75) is 50.8 Å². The van der Waals surface area contributed by atoms with E-state index < -0.39 is 10.0 Å². The first kappa shape index (κ1) is 27.0. The molecular weight excluding hydrogens is 530 g/mol. The summed E-state index contributed by atoms with van der Waals surface area (Å²) in [4.78, 5) is 18.8. The van der Waals surface area contributed by atoms with E-state index in [4.69, 9.17) is 19.4 Å². The van der Waals surface area contributed by atoms with Gasteiger partial charge in [0.05, 0.1) is 42.3 Å². The standard InChI is InChI=1S/C28H37N7O4S/c1-34-10-9-24-19(18-34)3-8-26(31-24)30-20-4-6-22(7-5-20)39-28-23-15-21(33-40(2,36)37)17-29-25(23)16-27(32-28)35-11-13-38-14-12-35/h3,8,15-17,20,22,33H,4-7,9-14,18H2,1-2H3,(H,30,31)/t20-,22+. The normalized spacial score (nSPS) is 22.1. The predicted molar refractivity (Wildman–Crippen MR) is 156 cm³/mol. The number of fused-ring (bicyclic) bond motifs is 2. The van der Waals surface area contributed by atoms with Crippen LogP contribution >= 0.6 is 0 Å². The second kappa shape index (κ2) is 11.3. The lowest BCUT2D eigenvalue weighted by Crippen LogP contribution is -2.37. The zero-order chi connectivity index (χ0) is 27.7. The molecule has 1 aliphatic carbocycles. The lowest BCUT2D eigenvalue weighted by molar-refractivity contribution is 0.122. The quantitative estimate of drug-likeness (QED) is 0.441. The van der Waals surface area contributed by atoms with Crippen LogP contribution in [-0.4, -0.2) is 86.6 Å². The molecule has 0 bridgehead atoms. The van der Waals surface area contributed by atoms with Crippen molar-refractivity contribution in [3.05, 3.63) is 41.7 Å². The molecule has 0 spiro atoms. The number of sulfonamides is 1. The summed E-state index contributed by atoms with van der Waals surface area (Å²) in [6.07, 6.45) is 7.34. The van der Waals surface area contributed by atoms with Crippen LogP contribution in [0.2, 0.25) is 0 Å². The topological polar surface area (TPSA) is 122 Å². The van der Waals surface area contributed by atoms with Crippen molar-refractivity contribution in [3.63, 3.8) is 0 Å². The summed E-state index contributed by atoms with van der Waals surface area (Å²) in [6.45, 7) is 4.79. The Balaban J connectivity index is 1.17. The Hall–Kier alpha value is -3.22. The van der Waals surface area contributed by atoms with Gasteiger partial charge < -0.3 is 24.6 Å². The first-order chi connectivity index (χ1) is 19.3. The number of hydrogen-bond acceptors (Lipinski definition) is 10. The van der Waals surface area contributed by atoms with Gasteiger partial charge in [-0.15, -0.1) is 0 Å². The maximum atomic E-state index is 11.8. The second-order valence-corrected chi connectivity index (χ2v) is 12.8. The minimum Gasteiger partial charge on any atom is -0.474 e. The van der Waals surface area contributed by atoms with Crippen molar-refractivity contribution < 1.29 is 17.9 Å². The highest BCUT2D eigenvalue weighted by Gasteiger charge is 2.25. The Morgan fingerprint density at radius 2 is 1.85 bits per heavy atom. The van der Waals surface area contributed by atoms with Crippen molar-refractivity contribution in [2.24, 2.45) is 0 Å². The molecule has 0 amide bonds. The van der Waals surface area contributed by atoms with Gasteiger partial charge >= 0.3 is 0 Å². The van der Waals surface area contributed by atoms with E-state index in [1.54, 1.807) is 6.07 Å². The third-order valence-electron chi connectivity index (χ3n) is 7.81. The summed E-state index contributed by atoms with van der Waals surface area (Å²) in [5.74, 6) is 2.24. The van der Waals surface area contributed by atoms with Crippen molar-refractivity contribution >= 4 is 38.2 Å². The van der Waals surface area contributed by atoms with Gasteiger partial charge in [-0.05, 0) is 50.4 Å². The highest BCUT2D eigenvalue weighted by Crippen LogP contribution is 2.33. The van der Waals surface area contributed by atoms with Gasteiger partial charge in [-0.2, -0.15) is 4.98 Å². The molecule has 3 aromatic rings. The third kappa shape index (κ3) is 6.39. The summed E-state index contributed by atoms with van der Waals surface area (Å²) >= 11 is 0. The zero-order valence-electron chi connectivity index (χ0n) is 23.1. The molecule has 1 saturated heterocycles. The number of nitrogens with one attached hydrogen (secondary N) is 2. The average molecular weight is 568 g/mol. The summed E-state index contributed by atoms with van der Waals surface area (Å²) in [5.41, 5.74) is 3.62. The number of nitrogens with zero attached hydrogens (tertiary/aromatic N) is 5. The molecule has 6 rings (SSSR count). The van der Waals surface area contributed by atoms with Gasteiger partial charge in [0.2, 0.25) is 15.9 Å². The van der Waals surface area contributed by atoms with Gasteiger partial charge in [0.1, 0.15) is 17.7 Å². The zero-order valence-corrected chi connectivity index (χ0v) is 23.9. The molecule has 0 atom stereocenters. The molecule has 2 N–H and O–H groups in total. The number of aromatic nitrogens is 3. The van der Waals surface area contributed by atoms with Crippen LogP contribution < -0.4 is 19.7 Å². The van der Waals surface area contributed by atoms with Gasteiger partial charge in [-0.25, -0.2) is 13.4 Å². The molecule has 2 aliphatic heterocycles. The predicted octanol–water partition coefficient (Wildman–Crippen LogP) is 3.02. The van der Waals surface area contributed by atoms with E-state index in [2.05, 4.69) is 44.0 Å². The van der Waals surface area contributed by atoms with Crippen LogP contribution in [0.1, 0.15) is 36.9 Å². The van der Waals surface area contributed by atoms with Crippen LogP contribution in [0.25, 0.3) is 10.9 Å². The number of anilines is 3. The summed E-state index contributed by atoms with van der Waals surface area (Å²) < 4.78 is 38.2. The first-order valence-corrected chi connectivity index (χ1v) is 15.9. The number of pyridine rings is 3. The smallest absolute Gasteiger partial charge is 0.229 e. The largest absolute Gasteiger partial charge is 0.474 e. The number of morpholine rings is 1. The van der Waals surface area contributed by atoms with Crippen LogP contribution in [0.5, 0.6) is 5.88 Å². The fourth-order valence-electron chi connectivity index (χ4n) is 5.72. The number of hydrogen-bond donors (Lipinski definition) is 2. The van der Waals surface area contributed by atoms with Crippen molar-refractivity contribution in [1.29, 1.82) is 0 Å². The van der Waals surface area contributed by atoms with E-state index in [1.165, 1.54) is 17.5 Å². The number of rotatable bonds is 7. The SMILES string of the molecule is CN1CCc2nc(N[C@H]3CC[C@@H](Oc4nc(N5CCOCC5)cc5ncc(NS(C)(=O)=O)cc45)CC3)ccc2C1. The third-order valence-corrected chi connectivity index (χ3v) is 8.42. The van der Waals surface area contributed by atoms with Crippen molar-refractivity contribution in [1.82, 2.24) is 19.9 Å². The first-order valence-electron chi connectivity index (χ1n) is 14.0. The van der Waals surface area contributed by atoms with Gasteiger partial charge in [0.15, 0.2) is 0 Å². The molecule has 3 aromatic heterocycles. The van der Waals surface area contributed by atoms with Crippen molar-refractivity contribution in [3.8, 4) is 5.88 Å². The summed E-state index contributed by atoms with van der Waals surface area (Å²) in [7, 11) is -1.29. The fraction of sp³-hybridized carbons (Fsp3) is 0.536.